The van der Waals surface area contributed by atoms with E-state index in [0.29, 0.717) is 22.4 Å². The molecule has 1 N–H and O–H groups in total. The average Bonchev–Trinajstić information content (AvgIpc) is 3.37. The maximum Gasteiger partial charge on any atom is 0.257 e. The molecule has 4 aromatic rings. The van der Waals surface area contributed by atoms with Gasteiger partial charge >= 0.3 is 0 Å². The van der Waals surface area contributed by atoms with Crippen LogP contribution in [0, 0.1) is 13.8 Å². The Morgan fingerprint density at radius 1 is 1.10 bits per heavy atom. The molecule has 2 aromatic heterocycles. The molecule has 4 rings (SSSR count). The van der Waals surface area contributed by atoms with Crippen molar-refractivity contribution in [3.05, 3.63) is 64.8 Å². The highest BCUT2D eigenvalue weighted by Gasteiger charge is 2.14. The van der Waals surface area contributed by atoms with Gasteiger partial charge in [-0.2, -0.15) is 4.98 Å². The first-order valence-electron chi connectivity index (χ1n) is 8.86. The zero-order chi connectivity index (χ0) is 20.4. The third-order valence-electron chi connectivity index (χ3n) is 4.28. The Hall–Kier alpha value is -3.52. The summed E-state index contributed by atoms with van der Waals surface area (Å²) in [6, 6.07) is 12.9. The smallest absolute Gasteiger partial charge is 0.257 e. The third kappa shape index (κ3) is 4.02. The molecular weight excluding hydrogens is 388 g/mol. The number of carbonyl (C=O) groups is 1. The van der Waals surface area contributed by atoms with Gasteiger partial charge in [-0.1, -0.05) is 16.8 Å². The maximum atomic E-state index is 12.6. The third-order valence-corrected chi connectivity index (χ3v) is 5.03. The predicted octanol–water partition coefficient (Wildman–Crippen LogP) is 4.74. The van der Waals surface area contributed by atoms with E-state index in [-0.39, 0.29) is 5.91 Å². The topological polar surface area (TPSA) is 90.1 Å². The van der Waals surface area contributed by atoms with E-state index in [1.54, 1.807) is 38.3 Å². The van der Waals surface area contributed by atoms with Crippen molar-refractivity contribution in [2.75, 3.05) is 12.4 Å². The minimum absolute atomic E-state index is 0.240. The molecule has 0 aliphatic rings. The molecule has 0 fully saturated rings. The van der Waals surface area contributed by atoms with E-state index < -0.39 is 0 Å². The highest BCUT2D eigenvalue weighted by Crippen LogP contribution is 2.33. The summed E-state index contributed by atoms with van der Waals surface area (Å²) in [7, 11) is 1.63. The second-order valence-corrected chi connectivity index (χ2v) is 7.28. The van der Waals surface area contributed by atoms with Crippen molar-refractivity contribution in [2.24, 2.45) is 0 Å². The molecule has 0 spiro atoms. The van der Waals surface area contributed by atoms with Crippen LogP contribution in [0.5, 0.6) is 5.75 Å². The average molecular weight is 406 g/mol. The van der Waals surface area contributed by atoms with Crippen LogP contribution < -0.4 is 10.1 Å². The fraction of sp³-hybridized carbons (Fsp3) is 0.143. The van der Waals surface area contributed by atoms with Crippen LogP contribution in [-0.4, -0.2) is 28.1 Å². The van der Waals surface area contributed by atoms with Crippen molar-refractivity contribution in [3.8, 4) is 28.5 Å². The summed E-state index contributed by atoms with van der Waals surface area (Å²) in [5.41, 5.74) is 4.02. The van der Waals surface area contributed by atoms with Crippen LogP contribution >= 0.6 is 11.3 Å². The summed E-state index contributed by atoms with van der Waals surface area (Å²) in [6.45, 7) is 3.76. The molecule has 29 heavy (non-hydrogen) atoms. The summed E-state index contributed by atoms with van der Waals surface area (Å²) in [5, 5.41) is 9.03. The Morgan fingerprint density at radius 2 is 1.90 bits per heavy atom. The molecule has 0 saturated carbocycles. The van der Waals surface area contributed by atoms with Crippen molar-refractivity contribution in [1.82, 2.24) is 15.1 Å². The number of nitrogens with one attached hydrogen (secondary N) is 1. The second-order valence-electron chi connectivity index (χ2n) is 6.42. The number of nitrogens with zero attached hydrogens (tertiary/aromatic N) is 3. The van der Waals surface area contributed by atoms with Gasteiger partial charge in [0.15, 0.2) is 11.0 Å². The molecular formula is C21H18N4O3S. The monoisotopic (exact) mass is 406 g/mol. The first-order chi connectivity index (χ1) is 14.0. The van der Waals surface area contributed by atoms with E-state index in [9.17, 15) is 4.79 Å². The van der Waals surface area contributed by atoms with Gasteiger partial charge in [0.25, 0.3) is 11.8 Å². The van der Waals surface area contributed by atoms with Crippen molar-refractivity contribution in [2.45, 2.75) is 13.8 Å². The quantitative estimate of drug-likeness (QED) is 0.515. The van der Waals surface area contributed by atoms with Gasteiger partial charge in [0.1, 0.15) is 5.75 Å². The van der Waals surface area contributed by atoms with E-state index in [1.165, 1.54) is 11.3 Å². The van der Waals surface area contributed by atoms with Crippen LogP contribution in [0.2, 0.25) is 0 Å². The SMILES string of the molecule is COc1ccc(C)cc1-c1csc(NC(=O)c2ccc(-c3nc(C)no3)cc2)n1. The lowest BCUT2D eigenvalue weighted by Crippen LogP contribution is -2.11. The maximum absolute atomic E-state index is 12.6. The number of aromatic nitrogens is 3. The summed E-state index contributed by atoms with van der Waals surface area (Å²) in [6.07, 6.45) is 0. The number of methoxy groups -OCH3 is 1. The Morgan fingerprint density at radius 3 is 2.59 bits per heavy atom. The Labute approximate surface area is 171 Å². The van der Waals surface area contributed by atoms with Gasteiger partial charge in [-0.15, -0.1) is 11.3 Å². The van der Waals surface area contributed by atoms with Crippen LogP contribution in [0.15, 0.2) is 52.4 Å². The second kappa shape index (κ2) is 7.84. The molecule has 0 bridgehead atoms. The summed E-state index contributed by atoms with van der Waals surface area (Å²) >= 11 is 1.36. The lowest BCUT2D eigenvalue weighted by atomic mass is 10.1. The molecule has 0 atom stereocenters. The number of thiazole rings is 1. The lowest BCUT2D eigenvalue weighted by molar-refractivity contribution is 0.102. The number of hydrogen-bond donors (Lipinski definition) is 1. The molecule has 8 heteroatoms. The van der Waals surface area contributed by atoms with Crippen LogP contribution in [-0.2, 0) is 0 Å². The van der Waals surface area contributed by atoms with Gasteiger partial charge in [0.05, 0.1) is 12.8 Å². The van der Waals surface area contributed by atoms with Crippen molar-refractivity contribution in [3.63, 3.8) is 0 Å². The first kappa shape index (κ1) is 18.8. The number of ether oxygens (including phenoxy) is 1. The standard InChI is InChI=1S/C21H18N4O3S/c1-12-4-9-18(27-3)16(10-12)17-11-29-21(23-17)24-19(26)14-5-7-15(8-6-14)20-22-13(2)25-28-20/h4-11H,1-3H3,(H,23,24,26). The van der Waals surface area contributed by atoms with Crippen LogP contribution in [0.25, 0.3) is 22.7 Å². The number of aryl methyl sites for hydroxylation is 2. The summed E-state index contributed by atoms with van der Waals surface area (Å²) in [4.78, 5) is 21.3. The summed E-state index contributed by atoms with van der Waals surface area (Å²) < 4.78 is 10.6. The molecule has 146 valence electrons. The zero-order valence-electron chi connectivity index (χ0n) is 16.1. The molecule has 7 nitrogen and oxygen atoms in total. The van der Waals surface area contributed by atoms with E-state index in [1.807, 2.05) is 30.5 Å². The minimum atomic E-state index is -0.240. The van der Waals surface area contributed by atoms with Crippen LogP contribution in [0.4, 0.5) is 5.13 Å². The molecule has 0 saturated heterocycles. The predicted molar refractivity (Wildman–Crippen MR) is 111 cm³/mol. The zero-order valence-corrected chi connectivity index (χ0v) is 16.9. The molecule has 0 radical (unpaired) electrons. The minimum Gasteiger partial charge on any atom is -0.496 e. The highest BCUT2D eigenvalue weighted by molar-refractivity contribution is 7.14. The van der Waals surface area contributed by atoms with Gasteiger partial charge in [-0.25, -0.2) is 4.98 Å². The van der Waals surface area contributed by atoms with Gasteiger partial charge < -0.3 is 9.26 Å². The van der Waals surface area contributed by atoms with Gasteiger partial charge in [-0.3, -0.25) is 10.1 Å². The normalized spacial score (nSPS) is 10.7. The number of benzene rings is 2. The van der Waals surface area contributed by atoms with E-state index in [0.717, 1.165) is 28.1 Å². The Bertz CT molecular complexity index is 1160. The van der Waals surface area contributed by atoms with E-state index >= 15 is 0 Å². The van der Waals surface area contributed by atoms with Crippen molar-refractivity contribution < 1.29 is 14.1 Å². The number of rotatable bonds is 5. The summed E-state index contributed by atoms with van der Waals surface area (Å²) in [5.74, 6) is 1.48. The Balaban J connectivity index is 1.50. The van der Waals surface area contributed by atoms with E-state index in [2.05, 4.69) is 20.4 Å². The fourth-order valence-corrected chi connectivity index (χ4v) is 3.53. The van der Waals surface area contributed by atoms with Gasteiger partial charge in [-0.05, 0) is 50.2 Å². The molecule has 2 aromatic carbocycles. The fourth-order valence-electron chi connectivity index (χ4n) is 2.82. The van der Waals surface area contributed by atoms with Gasteiger partial charge in [0, 0.05) is 22.1 Å². The number of hydrogen-bond acceptors (Lipinski definition) is 7. The Kier molecular flexibility index (Phi) is 5.09. The van der Waals surface area contributed by atoms with Gasteiger partial charge in [0.2, 0.25) is 0 Å². The lowest BCUT2D eigenvalue weighted by Gasteiger charge is -2.07. The molecule has 2 heterocycles. The number of carbonyl (C=O) groups excluding carboxylic acids is 1. The van der Waals surface area contributed by atoms with E-state index in [4.69, 9.17) is 9.26 Å². The molecule has 0 aliphatic carbocycles. The highest BCUT2D eigenvalue weighted by atomic mass is 32.1. The molecule has 0 unspecified atom stereocenters. The largest absolute Gasteiger partial charge is 0.496 e. The van der Waals surface area contributed by atoms with Crippen molar-refractivity contribution >= 4 is 22.4 Å². The number of anilines is 1. The molecule has 0 aliphatic heterocycles. The van der Waals surface area contributed by atoms with Crippen LogP contribution in [0.1, 0.15) is 21.7 Å². The van der Waals surface area contributed by atoms with Crippen molar-refractivity contribution in [1.29, 1.82) is 0 Å². The van der Waals surface area contributed by atoms with Crippen LogP contribution in [0.3, 0.4) is 0 Å². The first-order valence-corrected chi connectivity index (χ1v) is 9.74. The number of amides is 1. The molecule has 1 amide bonds.